The van der Waals surface area contributed by atoms with Gasteiger partial charge in [0.1, 0.15) is 5.60 Å². The molecule has 1 fully saturated rings. The summed E-state index contributed by atoms with van der Waals surface area (Å²) in [6.45, 7) is 12.2. The van der Waals surface area contributed by atoms with E-state index in [-0.39, 0.29) is 17.7 Å². The minimum atomic E-state index is -0.318. The number of hydrogen-bond donors (Lipinski definition) is 2. The second-order valence-electron chi connectivity index (χ2n) is 11.4. The van der Waals surface area contributed by atoms with Crippen LogP contribution in [0, 0.1) is 5.92 Å². The van der Waals surface area contributed by atoms with Crippen LogP contribution in [0.5, 0.6) is 0 Å². The largest absolute Gasteiger partial charge is 0.462 e. The van der Waals surface area contributed by atoms with Gasteiger partial charge >= 0.3 is 0 Å². The molecular weight excluding hydrogens is 522 g/mol. The van der Waals surface area contributed by atoms with Gasteiger partial charge in [-0.25, -0.2) is 4.98 Å². The second-order valence-corrected chi connectivity index (χ2v) is 11.8. The Balaban J connectivity index is 0.000000430. The summed E-state index contributed by atoms with van der Waals surface area (Å²) >= 11 is 6.53. The van der Waals surface area contributed by atoms with Crippen molar-refractivity contribution < 1.29 is 9.53 Å². The highest BCUT2D eigenvalue weighted by atomic mass is 35.5. The van der Waals surface area contributed by atoms with Crippen molar-refractivity contribution in [3.63, 3.8) is 0 Å². The third-order valence-electron chi connectivity index (χ3n) is 7.57. The Kier molecular flexibility index (Phi) is 11.2. The maximum absolute atomic E-state index is 9.60. The van der Waals surface area contributed by atoms with Gasteiger partial charge < -0.3 is 25.3 Å². The number of dihydropyridines is 1. The lowest BCUT2D eigenvalue weighted by Gasteiger charge is -2.39. The summed E-state index contributed by atoms with van der Waals surface area (Å²) < 4.78 is 6.55. The van der Waals surface area contributed by atoms with Crippen molar-refractivity contribution in [1.29, 1.82) is 0 Å². The van der Waals surface area contributed by atoms with E-state index in [2.05, 4.69) is 63.5 Å². The van der Waals surface area contributed by atoms with Crippen LogP contribution in [0.3, 0.4) is 0 Å². The predicted molar refractivity (Wildman–Crippen MR) is 165 cm³/mol. The molecule has 0 amide bonds. The second kappa shape index (κ2) is 14.2. The summed E-state index contributed by atoms with van der Waals surface area (Å²) in [5.41, 5.74) is 12.4. The van der Waals surface area contributed by atoms with Gasteiger partial charge in [-0.15, -0.1) is 0 Å². The van der Waals surface area contributed by atoms with Crippen molar-refractivity contribution in [3.05, 3.63) is 82.6 Å². The SMILES string of the molecule is CC.CC(C)(C)OC=O.CN1CCC([C@H]2c3ccc(Cl)cc3C(C(N)c3cncn3C)=CC3=CC=CNC32)CC1. The molecule has 1 aromatic heterocycles. The third-order valence-corrected chi connectivity index (χ3v) is 7.80. The number of nitrogens with one attached hydrogen (secondary N) is 1. The van der Waals surface area contributed by atoms with Crippen LogP contribution in [-0.4, -0.2) is 52.7 Å². The summed E-state index contributed by atoms with van der Waals surface area (Å²) in [7, 11) is 4.21. The van der Waals surface area contributed by atoms with Gasteiger partial charge in [-0.2, -0.15) is 0 Å². The van der Waals surface area contributed by atoms with Gasteiger partial charge in [0.25, 0.3) is 6.47 Å². The van der Waals surface area contributed by atoms with Gasteiger partial charge in [-0.1, -0.05) is 43.7 Å². The maximum atomic E-state index is 9.60. The third kappa shape index (κ3) is 7.65. The average molecular weight is 568 g/mol. The van der Waals surface area contributed by atoms with E-state index in [1.807, 2.05) is 58.5 Å². The standard InChI is InChI=1S/C25H30ClN5.C5H10O2.C2H6/c1-30-10-7-16(8-11-30)23-19-6-5-18(26)13-20(19)21(12-17-4-3-9-29-25(17)23)24(27)22-14-28-15-31(22)2;1-5(2,3)7-4-6;1-2/h3-6,9,12-16,23-25,29H,7-8,10-11,27H2,1-2H3;4H,1-3H3;1-2H3/t23-,24?,25?;;/m0../s1. The highest BCUT2D eigenvalue weighted by molar-refractivity contribution is 6.30. The molecule has 1 saturated heterocycles. The lowest BCUT2D eigenvalue weighted by Crippen LogP contribution is -2.41. The zero-order valence-corrected chi connectivity index (χ0v) is 25.8. The molecule has 5 rings (SSSR count). The number of hydrogen-bond acceptors (Lipinski definition) is 6. The fourth-order valence-corrected chi connectivity index (χ4v) is 5.79. The van der Waals surface area contributed by atoms with E-state index in [0.717, 1.165) is 29.4 Å². The first-order valence-electron chi connectivity index (χ1n) is 14.2. The Morgan fingerprint density at radius 3 is 2.48 bits per heavy atom. The molecule has 2 aliphatic heterocycles. The van der Waals surface area contributed by atoms with E-state index >= 15 is 0 Å². The molecule has 0 bridgehead atoms. The van der Waals surface area contributed by atoms with Crippen LogP contribution in [-0.2, 0) is 16.6 Å². The number of imidazole rings is 1. The number of carbonyl (C=O) groups excluding carboxylic acids is 1. The molecule has 0 spiro atoms. The summed E-state index contributed by atoms with van der Waals surface area (Å²) in [5, 5.41) is 4.43. The van der Waals surface area contributed by atoms with Crippen molar-refractivity contribution in [2.45, 2.75) is 71.1 Å². The molecule has 1 aliphatic carbocycles. The summed E-state index contributed by atoms with van der Waals surface area (Å²) in [6, 6.07) is 6.31. The van der Waals surface area contributed by atoms with Crippen LogP contribution in [0.1, 0.15) is 76.2 Å². The number of nitrogens with zero attached hydrogens (tertiary/aromatic N) is 3. The van der Waals surface area contributed by atoms with Crippen molar-refractivity contribution in [2.75, 3.05) is 20.1 Å². The number of likely N-dealkylation sites (tertiary alicyclic amines) is 1. The molecule has 0 saturated carbocycles. The number of rotatable bonds is 4. The molecule has 2 unspecified atom stereocenters. The van der Waals surface area contributed by atoms with Crippen LogP contribution in [0.4, 0.5) is 0 Å². The van der Waals surface area contributed by atoms with Gasteiger partial charge in [0.2, 0.25) is 0 Å². The Labute approximate surface area is 245 Å². The first kappa shape index (κ1) is 31.7. The Hall–Kier alpha value is -2.87. The number of carbonyl (C=O) groups is 1. The molecule has 8 heteroatoms. The van der Waals surface area contributed by atoms with E-state index in [9.17, 15) is 4.79 Å². The summed E-state index contributed by atoms with van der Waals surface area (Å²) in [6.07, 6.45) is 14.7. The predicted octanol–water partition coefficient (Wildman–Crippen LogP) is 5.99. The molecule has 3 heterocycles. The number of aryl methyl sites for hydroxylation is 1. The number of fused-ring (bicyclic) bond motifs is 2. The number of allylic oxidation sites excluding steroid dienone is 2. The lowest BCUT2D eigenvalue weighted by molar-refractivity contribution is -0.138. The minimum absolute atomic E-state index is 0.231. The number of benzene rings is 1. The maximum Gasteiger partial charge on any atom is 0.293 e. The van der Waals surface area contributed by atoms with E-state index in [1.165, 1.54) is 29.5 Å². The molecule has 40 heavy (non-hydrogen) atoms. The fourth-order valence-electron chi connectivity index (χ4n) is 5.62. The van der Waals surface area contributed by atoms with Crippen molar-refractivity contribution >= 4 is 23.6 Å². The van der Waals surface area contributed by atoms with E-state index in [0.29, 0.717) is 18.3 Å². The summed E-state index contributed by atoms with van der Waals surface area (Å²) in [4.78, 5) is 16.3. The minimum Gasteiger partial charge on any atom is -0.462 e. The number of halogens is 1. The molecule has 0 radical (unpaired) electrons. The zero-order valence-electron chi connectivity index (χ0n) is 25.0. The Morgan fingerprint density at radius 1 is 1.20 bits per heavy atom. The van der Waals surface area contributed by atoms with Crippen molar-refractivity contribution in [1.82, 2.24) is 19.8 Å². The zero-order chi connectivity index (χ0) is 29.4. The molecule has 1 aromatic carbocycles. The topological polar surface area (TPSA) is 85.4 Å². The number of piperidine rings is 1. The quantitative estimate of drug-likeness (QED) is 0.441. The highest BCUT2D eigenvalue weighted by Gasteiger charge is 2.38. The smallest absolute Gasteiger partial charge is 0.293 e. The molecule has 3 atom stereocenters. The highest BCUT2D eigenvalue weighted by Crippen LogP contribution is 2.46. The van der Waals surface area contributed by atoms with Crippen LogP contribution < -0.4 is 11.1 Å². The van der Waals surface area contributed by atoms with Crippen molar-refractivity contribution in [2.24, 2.45) is 18.7 Å². The van der Waals surface area contributed by atoms with Crippen molar-refractivity contribution in [3.8, 4) is 0 Å². The molecule has 218 valence electrons. The lowest BCUT2D eigenvalue weighted by atomic mass is 9.73. The molecular formula is C32H46ClN5O2. The molecule has 3 N–H and O–H groups in total. The first-order valence-corrected chi connectivity index (χ1v) is 14.6. The summed E-state index contributed by atoms with van der Waals surface area (Å²) in [5.74, 6) is 0.967. The van der Waals surface area contributed by atoms with E-state index < -0.39 is 0 Å². The number of nitrogens with two attached hydrogens (primary N) is 1. The number of aromatic nitrogens is 2. The van der Waals surface area contributed by atoms with Gasteiger partial charge in [0.15, 0.2) is 0 Å². The van der Waals surface area contributed by atoms with Gasteiger partial charge in [-0.3, -0.25) is 4.79 Å². The molecule has 2 aromatic rings. The average Bonchev–Trinajstić information content (AvgIpc) is 3.30. The fraction of sp³-hybridized carbons (Fsp3) is 0.500. The van der Waals surface area contributed by atoms with Gasteiger partial charge in [0, 0.05) is 18.0 Å². The Morgan fingerprint density at radius 2 is 1.90 bits per heavy atom. The van der Waals surface area contributed by atoms with E-state index in [1.54, 1.807) is 6.33 Å². The van der Waals surface area contributed by atoms with Gasteiger partial charge in [0.05, 0.1) is 30.3 Å². The number of ether oxygens (including phenoxy) is 1. The van der Waals surface area contributed by atoms with Crippen LogP contribution in [0.15, 0.2) is 60.7 Å². The normalized spacial score (nSPS) is 21.4. The van der Waals surface area contributed by atoms with Crippen LogP contribution in [0.25, 0.3) is 5.57 Å². The Bertz CT molecular complexity index is 1220. The molecule has 7 nitrogen and oxygen atoms in total. The van der Waals surface area contributed by atoms with E-state index in [4.69, 9.17) is 17.3 Å². The monoisotopic (exact) mass is 567 g/mol. The molecule has 3 aliphatic rings. The van der Waals surface area contributed by atoms with Crippen LogP contribution >= 0.6 is 11.6 Å². The van der Waals surface area contributed by atoms with Crippen LogP contribution in [0.2, 0.25) is 5.02 Å². The van der Waals surface area contributed by atoms with Gasteiger partial charge in [-0.05, 0) is 106 Å². The first-order chi connectivity index (χ1) is 19.1.